The Morgan fingerprint density at radius 1 is 1.37 bits per heavy atom. The molecule has 1 fully saturated rings. The maximum absolute atomic E-state index is 12.7. The Hall–Kier alpha value is -2.48. The largest absolute Gasteiger partial charge is 0.341 e. The summed E-state index contributed by atoms with van der Waals surface area (Å²) >= 11 is 6.48. The smallest absolute Gasteiger partial charge is 0.321 e. The Bertz CT molecular complexity index is 831. The van der Waals surface area contributed by atoms with E-state index in [0.717, 1.165) is 18.4 Å². The second kappa shape index (κ2) is 8.47. The third-order valence-electron chi connectivity index (χ3n) is 5.10. The third-order valence-corrected chi connectivity index (χ3v) is 5.40. The van der Waals surface area contributed by atoms with Gasteiger partial charge in [0.05, 0.1) is 10.9 Å². The Kier molecular flexibility index (Phi) is 6.05. The number of hydrogen-bond donors (Lipinski definition) is 3. The average molecular weight is 392 g/mol. The molecule has 1 aromatic carbocycles. The van der Waals surface area contributed by atoms with Crippen LogP contribution in [-0.2, 0) is 4.79 Å². The molecule has 1 atom stereocenters. The van der Waals surface area contributed by atoms with Crippen LogP contribution in [-0.4, -0.2) is 34.5 Å². The van der Waals surface area contributed by atoms with Crippen LogP contribution in [0.15, 0.2) is 18.2 Å². The van der Waals surface area contributed by atoms with Crippen LogP contribution in [0.25, 0.3) is 5.69 Å². The number of benzene rings is 1. The SMILES string of the molecule is CNC(=O)NC(=O)C(CC1CCCC1)c1ccc(-[n+]2[nH]nnc2C)c(Cl)c1. The van der Waals surface area contributed by atoms with E-state index in [1.165, 1.54) is 19.9 Å². The summed E-state index contributed by atoms with van der Waals surface area (Å²) in [4.78, 5) is 24.4. The van der Waals surface area contributed by atoms with E-state index in [2.05, 4.69) is 26.2 Å². The van der Waals surface area contributed by atoms with Crippen molar-refractivity contribution in [3.8, 4) is 5.69 Å². The fourth-order valence-electron chi connectivity index (χ4n) is 3.64. The van der Waals surface area contributed by atoms with Gasteiger partial charge < -0.3 is 5.32 Å². The van der Waals surface area contributed by atoms with E-state index in [1.54, 1.807) is 10.7 Å². The number of nitrogens with zero attached hydrogens (tertiary/aromatic N) is 3. The number of urea groups is 1. The molecule has 0 saturated heterocycles. The van der Waals surface area contributed by atoms with E-state index in [-0.39, 0.29) is 5.91 Å². The second-order valence-corrected chi connectivity index (χ2v) is 7.31. The van der Waals surface area contributed by atoms with Gasteiger partial charge in [-0.1, -0.05) is 48.6 Å². The van der Waals surface area contributed by atoms with E-state index < -0.39 is 11.9 Å². The summed E-state index contributed by atoms with van der Waals surface area (Å²) in [6, 6.07) is 4.98. The summed E-state index contributed by atoms with van der Waals surface area (Å²) < 4.78 is 1.67. The fourth-order valence-corrected chi connectivity index (χ4v) is 3.91. The van der Waals surface area contributed by atoms with Crippen LogP contribution >= 0.6 is 11.6 Å². The van der Waals surface area contributed by atoms with Crippen molar-refractivity contribution in [3.63, 3.8) is 0 Å². The zero-order valence-electron chi connectivity index (χ0n) is 15.5. The van der Waals surface area contributed by atoms with Crippen LogP contribution in [0.5, 0.6) is 0 Å². The molecule has 0 bridgehead atoms. The average Bonchev–Trinajstić information content (AvgIpc) is 3.31. The lowest BCUT2D eigenvalue weighted by Crippen LogP contribution is -2.40. The maximum Gasteiger partial charge on any atom is 0.321 e. The van der Waals surface area contributed by atoms with Crippen molar-refractivity contribution in [3.05, 3.63) is 34.6 Å². The Balaban J connectivity index is 1.88. The maximum atomic E-state index is 12.7. The van der Waals surface area contributed by atoms with E-state index in [0.29, 0.717) is 28.9 Å². The van der Waals surface area contributed by atoms with Gasteiger partial charge in [0, 0.05) is 14.0 Å². The molecule has 3 rings (SSSR count). The van der Waals surface area contributed by atoms with Crippen LogP contribution in [0.1, 0.15) is 49.4 Å². The number of carbonyl (C=O) groups excluding carboxylic acids is 2. The molecule has 27 heavy (non-hydrogen) atoms. The molecule has 0 radical (unpaired) electrons. The Morgan fingerprint density at radius 3 is 2.70 bits per heavy atom. The molecule has 8 nitrogen and oxygen atoms in total. The van der Waals surface area contributed by atoms with Crippen LogP contribution in [0.2, 0.25) is 5.02 Å². The van der Waals surface area contributed by atoms with Crippen LogP contribution in [0.4, 0.5) is 4.79 Å². The van der Waals surface area contributed by atoms with E-state index in [4.69, 9.17) is 11.6 Å². The van der Waals surface area contributed by atoms with Crippen molar-refractivity contribution in [2.24, 2.45) is 5.92 Å². The van der Waals surface area contributed by atoms with E-state index in [9.17, 15) is 9.59 Å². The number of hydrogen-bond acceptors (Lipinski definition) is 4. The Morgan fingerprint density at radius 2 is 2.11 bits per heavy atom. The molecule has 144 valence electrons. The number of nitrogens with one attached hydrogen (secondary N) is 3. The number of halogens is 1. The molecular weight excluding hydrogens is 368 g/mol. The minimum Gasteiger partial charge on any atom is -0.341 e. The zero-order chi connectivity index (χ0) is 19.4. The first-order chi connectivity index (χ1) is 13.0. The first kappa shape index (κ1) is 19.3. The summed E-state index contributed by atoms with van der Waals surface area (Å²) in [7, 11) is 1.48. The minimum atomic E-state index is -0.506. The molecule has 1 aliphatic rings. The molecule has 1 saturated carbocycles. The zero-order valence-corrected chi connectivity index (χ0v) is 16.2. The number of aromatic nitrogens is 4. The van der Waals surface area contributed by atoms with Gasteiger partial charge in [-0.2, -0.15) is 0 Å². The molecule has 1 unspecified atom stereocenters. The van der Waals surface area contributed by atoms with Gasteiger partial charge in [0.25, 0.3) is 0 Å². The van der Waals surface area contributed by atoms with Gasteiger partial charge in [-0.3, -0.25) is 10.1 Å². The number of imide groups is 1. The molecular formula is C18H24ClN6O2+. The number of aromatic amines is 1. The lowest BCUT2D eigenvalue weighted by Gasteiger charge is -2.20. The first-order valence-electron chi connectivity index (χ1n) is 9.11. The highest BCUT2D eigenvalue weighted by Crippen LogP contribution is 2.35. The highest BCUT2D eigenvalue weighted by molar-refractivity contribution is 6.32. The van der Waals surface area contributed by atoms with Crippen molar-refractivity contribution < 1.29 is 14.3 Å². The number of tetrazole rings is 1. The van der Waals surface area contributed by atoms with Crippen LogP contribution in [0, 0.1) is 12.8 Å². The molecule has 2 aromatic rings. The molecule has 3 N–H and O–H groups in total. The topological polar surface area (TPSA) is 104 Å². The van der Waals surface area contributed by atoms with E-state index >= 15 is 0 Å². The quantitative estimate of drug-likeness (QED) is 0.679. The first-order valence-corrected chi connectivity index (χ1v) is 9.49. The number of aryl methyl sites for hydroxylation is 1. The summed E-state index contributed by atoms with van der Waals surface area (Å²) in [5.74, 6) is 0.418. The normalized spacial score (nSPS) is 15.5. The molecule has 1 aliphatic carbocycles. The summed E-state index contributed by atoms with van der Waals surface area (Å²) in [5.41, 5.74) is 1.50. The van der Waals surface area contributed by atoms with Gasteiger partial charge in [-0.05, 0) is 30.0 Å². The number of rotatable bonds is 5. The van der Waals surface area contributed by atoms with Gasteiger partial charge in [0.1, 0.15) is 10.8 Å². The molecule has 0 spiro atoms. The Labute approximate surface area is 162 Å². The van der Waals surface area contributed by atoms with E-state index in [1.807, 2.05) is 19.1 Å². The van der Waals surface area contributed by atoms with Crippen LogP contribution in [0.3, 0.4) is 0 Å². The third kappa shape index (κ3) is 4.44. The van der Waals surface area contributed by atoms with Crippen molar-refractivity contribution >= 4 is 23.5 Å². The van der Waals surface area contributed by atoms with Gasteiger partial charge >= 0.3 is 11.9 Å². The standard InChI is InChI=1S/C18H23ClN6O2/c1-11-22-23-24-25(11)16-8-7-13(10-15(16)19)14(9-12-5-3-4-6-12)17(26)21-18(27)20-2/h7-8,10,12,14H,3-6,9H2,1-2H3,(H2,20,21,26,27)/p+1. The van der Waals surface area contributed by atoms with Crippen molar-refractivity contribution in [2.45, 2.75) is 44.9 Å². The number of H-pyrrole nitrogens is 1. The van der Waals surface area contributed by atoms with Gasteiger partial charge in [-0.25, -0.2) is 4.79 Å². The molecule has 1 aromatic heterocycles. The highest BCUT2D eigenvalue weighted by Gasteiger charge is 2.28. The predicted octanol–water partition coefficient (Wildman–Crippen LogP) is 2.16. The highest BCUT2D eigenvalue weighted by atomic mass is 35.5. The van der Waals surface area contributed by atoms with Gasteiger partial charge in [0.2, 0.25) is 5.91 Å². The predicted molar refractivity (Wildman–Crippen MR) is 99.6 cm³/mol. The van der Waals surface area contributed by atoms with Crippen LogP contribution < -0.4 is 15.3 Å². The van der Waals surface area contributed by atoms with Gasteiger partial charge in [0.15, 0.2) is 5.21 Å². The minimum absolute atomic E-state index is 0.308. The summed E-state index contributed by atoms with van der Waals surface area (Å²) in [6.45, 7) is 1.81. The lowest BCUT2D eigenvalue weighted by atomic mass is 9.87. The summed E-state index contributed by atoms with van der Waals surface area (Å²) in [5, 5.41) is 15.8. The second-order valence-electron chi connectivity index (χ2n) is 6.90. The fraction of sp³-hybridized carbons (Fsp3) is 0.500. The molecule has 0 aliphatic heterocycles. The number of amides is 3. The van der Waals surface area contributed by atoms with Crippen molar-refractivity contribution in [2.75, 3.05) is 7.05 Å². The molecule has 3 amide bonds. The monoisotopic (exact) mass is 391 g/mol. The van der Waals surface area contributed by atoms with Crippen molar-refractivity contribution in [1.82, 2.24) is 26.2 Å². The lowest BCUT2D eigenvalue weighted by molar-refractivity contribution is -0.666. The summed E-state index contributed by atoms with van der Waals surface area (Å²) in [6.07, 6.45) is 5.32. The van der Waals surface area contributed by atoms with Gasteiger partial charge in [-0.15, -0.1) is 4.68 Å². The molecule has 1 heterocycles. The van der Waals surface area contributed by atoms with Crippen molar-refractivity contribution in [1.29, 1.82) is 0 Å². The molecule has 9 heteroatoms. The number of carbonyl (C=O) groups is 2.